The number of rotatable bonds is 0. The maximum Gasteiger partial charge on any atom is 0.0608 e. The largest absolute Gasteiger partial charge is 0.393 e. The van der Waals surface area contributed by atoms with E-state index < -0.39 is 0 Å². The van der Waals surface area contributed by atoms with Crippen molar-refractivity contribution < 1.29 is 10.2 Å². The average molecular weight is 244 g/mol. The SMILES string of the molecule is O[C@@H]1[C@H]2[C@H]3[C@H](O)[C@H]4[C@@H]5C6C7[C@@H](CC[C@@H]74)[C@@H]1[C@@H]6[C@H]2[C@@H]53. The highest BCUT2D eigenvalue weighted by Gasteiger charge is 2.86. The van der Waals surface area contributed by atoms with E-state index in [0.29, 0.717) is 23.7 Å². The van der Waals surface area contributed by atoms with Crippen LogP contribution in [0.25, 0.3) is 0 Å². The number of hydrogen-bond donors (Lipinski definition) is 2. The van der Waals surface area contributed by atoms with Crippen molar-refractivity contribution in [1.82, 2.24) is 0 Å². The van der Waals surface area contributed by atoms with Gasteiger partial charge in [-0.05, 0) is 83.9 Å². The van der Waals surface area contributed by atoms with E-state index in [4.69, 9.17) is 0 Å². The van der Waals surface area contributed by atoms with E-state index in [-0.39, 0.29) is 12.2 Å². The molecule has 2 unspecified atom stereocenters. The maximum atomic E-state index is 10.8. The Labute approximate surface area is 107 Å². The van der Waals surface area contributed by atoms with Gasteiger partial charge in [0.05, 0.1) is 12.2 Å². The molecule has 7 rings (SSSR count). The van der Waals surface area contributed by atoms with E-state index in [9.17, 15) is 10.2 Å². The standard InChI is InChI=1S/C16H20O2/c17-15-6-3-1-2-4-5(3)8-9(6)11-12-10(8)7(4)16(18)14(12)13(11)15/h3-18H,1-2H2/t3-,4+,5?,6-,7-,8?,9+,10-,11+,12-,13-,14+,15+,16-/m1/s1. The summed E-state index contributed by atoms with van der Waals surface area (Å²) in [4.78, 5) is 0. The van der Waals surface area contributed by atoms with Gasteiger partial charge < -0.3 is 10.2 Å². The first-order valence-electron chi connectivity index (χ1n) is 8.17. The van der Waals surface area contributed by atoms with Crippen molar-refractivity contribution in [3.63, 3.8) is 0 Å². The summed E-state index contributed by atoms with van der Waals surface area (Å²) < 4.78 is 0. The van der Waals surface area contributed by atoms with Gasteiger partial charge in [-0.15, -0.1) is 0 Å². The van der Waals surface area contributed by atoms with Gasteiger partial charge >= 0.3 is 0 Å². The molecule has 7 aliphatic carbocycles. The van der Waals surface area contributed by atoms with E-state index in [0.717, 1.165) is 47.3 Å². The molecule has 0 aromatic heterocycles. The van der Waals surface area contributed by atoms with Gasteiger partial charge in [0.1, 0.15) is 0 Å². The lowest BCUT2D eigenvalue weighted by Crippen LogP contribution is -2.49. The number of aliphatic hydroxyl groups is 2. The van der Waals surface area contributed by atoms with E-state index in [2.05, 4.69) is 0 Å². The average Bonchev–Trinajstić information content (AvgIpc) is 2.98. The molecule has 0 aromatic carbocycles. The highest BCUT2D eigenvalue weighted by atomic mass is 16.3. The molecule has 7 fully saturated rings. The van der Waals surface area contributed by atoms with Gasteiger partial charge in [-0.3, -0.25) is 0 Å². The molecule has 2 nitrogen and oxygen atoms in total. The topological polar surface area (TPSA) is 40.5 Å². The summed E-state index contributed by atoms with van der Waals surface area (Å²) in [5.41, 5.74) is 0. The molecule has 0 heterocycles. The predicted molar refractivity (Wildman–Crippen MR) is 63.1 cm³/mol. The van der Waals surface area contributed by atoms with Crippen LogP contribution in [-0.4, -0.2) is 22.4 Å². The van der Waals surface area contributed by atoms with Gasteiger partial charge in [-0.1, -0.05) is 0 Å². The van der Waals surface area contributed by atoms with Crippen LogP contribution in [0.4, 0.5) is 0 Å². The van der Waals surface area contributed by atoms with Crippen LogP contribution in [0.2, 0.25) is 0 Å². The van der Waals surface area contributed by atoms with Crippen LogP contribution in [0.1, 0.15) is 12.8 Å². The molecule has 0 bridgehead atoms. The summed E-state index contributed by atoms with van der Waals surface area (Å²) in [6, 6.07) is 0. The molecule has 7 aliphatic rings. The third kappa shape index (κ3) is 0.541. The Bertz CT molecular complexity index is 431. The fourth-order valence-electron chi connectivity index (χ4n) is 9.73. The van der Waals surface area contributed by atoms with Crippen molar-refractivity contribution >= 4 is 0 Å². The van der Waals surface area contributed by atoms with Crippen molar-refractivity contribution in [1.29, 1.82) is 0 Å². The van der Waals surface area contributed by atoms with Crippen molar-refractivity contribution in [2.75, 3.05) is 0 Å². The van der Waals surface area contributed by atoms with E-state index in [1.807, 2.05) is 0 Å². The normalized spacial score (nSPS) is 87.0. The monoisotopic (exact) mass is 244 g/mol. The number of hydrogen-bond acceptors (Lipinski definition) is 2. The molecule has 0 aromatic rings. The fourth-order valence-corrected chi connectivity index (χ4v) is 9.73. The van der Waals surface area contributed by atoms with Gasteiger partial charge in [0, 0.05) is 0 Å². The van der Waals surface area contributed by atoms with Crippen molar-refractivity contribution in [2.24, 2.45) is 71.0 Å². The third-order valence-electron chi connectivity index (χ3n) is 9.28. The van der Waals surface area contributed by atoms with Gasteiger partial charge in [-0.2, -0.15) is 0 Å². The summed E-state index contributed by atoms with van der Waals surface area (Å²) >= 11 is 0. The summed E-state index contributed by atoms with van der Waals surface area (Å²) in [5, 5.41) is 21.6. The Balaban J connectivity index is 1.58. The zero-order chi connectivity index (χ0) is 11.5. The predicted octanol–water partition coefficient (Wildman–Crippen LogP) is 0.978. The number of fused-ring (bicyclic) bond motifs is 3. The van der Waals surface area contributed by atoms with Gasteiger partial charge in [-0.25, -0.2) is 0 Å². The Kier molecular flexibility index (Phi) is 1.11. The summed E-state index contributed by atoms with van der Waals surface area (Å²) in [7, 11) is 0. The van der Waals surface area contributed by atoms with E-state index >= 15 is 0 Å². The van der Waals surface area contributed by atoms with E-state index in [1.165, 1.54) is 12.8 Å². The van der Waals surface area contributed by atoms with Crippen LogP contribution in [0.5, 0.6) is 0 Å². The van der Waals surface area contributed by atoms with Crippen molar-refractivity contribution in [3.05, 3.63) is 0 Å². The fraction of sp³-hybridized carbons (Fsp3) is 1.00. The molecule has 2 heteroatoms. The lowest BCUT2D eigenvalue weighted by molar-refractivity contribution is -0.0896. The zero-order valence-electron chi connectivity index (χ0n) is 10.4. The van der Waals surface area contributed by atoms with Crippen molar-refractivity contribution in [3.8, 4) is 0 Å². The Morgan fingerprint density at radius 1 is 0.444 bits per heavy atom. The zero-order valence-corrected chi connectivity index (χ0v) is 10.4. The molecule has 96 valence electrons. The first-order valence-corrected chi connectivity index (χ1v) is 8.17. The van der Waals surface area contributed by atoms with Crippen LogP contribution < -0.4 is 0 Å². The van der Waals surface area contributed by atoms with Gasteiger partial charge in [0.25, 0.3) is 0 Å². The second kappa shape index (κ2) is 2.22. The Morgan fingerprint density at radius 3 is 1.33 bits per heavy atom. The second-order valence-corrected chi connectivity index (χ2v) is 8.66. The first kappa shape index (κ1) is 8.97. The summed E-state index contributed by atoms with van der Waals surface area (Å²) in [6.07, 6.45) is 2.67. The Morgan fingerprint density at radius 2 is 0.833 bits per heavy atom. The summed E-state index contributed by atoms with van der Waals surface area (Å²) in [5.74, 6) is 9.38. The van der Waals surface area contributed by atoms with E-state index in [1.54, 1.807) is 0 Å². The second-order valence-electron chi connectivity index (χ2n) is 8.66. The highest BCUT2D eigenvalue weighted by Crippen LogP contribution is 2.87. The maximum absolute atomic E-state index is 10.8. The smallest absolute Gasteiger partial charge is 0.0608 e. The lowest BCUT2D eigenvalue weighted by Gasteiger charge is -2.47. The minimum absolute atomic E-state index is 0.0371. The van der Waals surface area contributed by atoms with Crippen LogP contribution in [0.15, 0.2) is 0 Å². The molecule has 0 amide bonds. The molecule has 7 saturated carbocycles. The molecule has 0 saturated heterocycles. The van der Waals surface area contributed by atoms with Crippen molar-refractivity contribution in [2.45, 2.75) is 25.0 Å². The van der Waals surface area contributed by atoms with Crippen LogP contribution >= 0.6 is 0 Å². The molecule has 14 atom stereocenters. The molecule has 18 heavy (non-hydrogen) atoms. The van der Waals surface area contributed by atoms with Crippen LogP contribution in [-0.2, 0) is 0 Å². The van der Waals surface area contributed by atoms with Crippen LogP contribution in [0.3, 0.4) is 0 Å². The molecular weight excluding hydrogens is 224 g/mol. The van der Waals surface area contributed by atoms with Gasteiger partial charge in [0.2, 0.25) is 0 Å². The lowest BCUT2D eigenvalue weighted by atomic mass is 9.59. The molecular formula is C16H20O2. The first-order chi connectivity index (χ1) is 8.80. The molecule has 2 N–H and O–H groups in total. The van der Waals surface area contributed by atoms with Crippen LogP contribution in [0, 0.1) is 71.0 Å². The molecule has 0 aliphatic heterocycles. The number of aliphatic hydroxyl groups excluding tert-OH is 2. The quantitative estimate of drug-likeness (QED) is 0.667. The Hall–Kier alpha value is -0.0800. The van der Waals surface area contributed by atoms with Gasteiger partial charge in [0.15, 0.2) is 0 Å². The third-order valence-corrected chi connectivity index (χ3v) is 9.28. The minimum Gasteiger partial charge on any atom is -0.393 e. The highest BCUT2D eigenvalue weighted by molar-refractivity contribution is 5.33. The molecule has 0 spiro atoms. The molecule has 0 radical (unpaired) electrons. The minimum atomic E-state index is -0.0371. The summed E-state index contributed by atoms with van der Waals surface area (Å²) in [6.45, 7) is 0.